The maximum atomic E-state index is 12.7. The van der Waals surface area contributed by atoms with Crippen molar-refractivity contribution in [2.45, 2.75) is 26.9 Å². The molecular formula is C18H20N2O4S. The van der Waals surface area contributed by atoms with E-state index in [0.717, 1.165) is 10.7 Å². The molecule has 0 radical (unpaired) electrons. The summed E-state index contributed by atoms with van der Waals surface area (Å²) in [5, 5.41) is 12.2. The molecule has 3 rings (SSSR count). The molecule has 0 unspecified atom stereocenters. The van der Waals surface area contributed by atoms with E-state index in [1.54, 1.807) is 47.4 Å². The Morgan fingerprint density at radius 3 is 2.88 bits per heavy atom. The number of hydrogen-bond donors (Lipinski definition) is 1. The number of likely N-dealkylation sites (tertiary alicyclic amines) is 1. The lowest BCUT2D eigenvalue weighted by atomic mass is 9.90. The second kappa shape index (κ2) is 6.84. The van der Waals surface area contributed by atoms with Gasteiger partial charge in [-0.15, -0.1) is 11.3 Å². The fourth-order valence-electron chi connectivity index (χ4n) is 2.84. The lowest BCUT2D eigenvalue weighted by molar-refractivity contribution is -0.147. The van der Waals surface area contributed by atoms with Gasteiger partial charge < -0.3 is 14.7 Å². The first-order valence-electron chi connectivity index (χ1n) is 8.04. The number of carboxylic acid groups (broad SMARTS) is 1. The van der Waals surface area contributed by atoms with Crippen LogP contribution in [-0.4, -0.2) is 40.0 Å². The Balaban J connectivity index is 1.67. The molecule has 1 aromatic heterocycles. The van der Waals surface area contributed by atoms with Crippen LogP contribution in [0.25, 0.3) is 0 Å². The van der Waals surface area contributed by atoms with E-state index in [0.29, 0.717) is 30.9 Å². The van der Waals surface area contributed by atoms with Gasteiger partial charge in [0.25, 0.3) is 5.91 Å². The van der Waals surface area contributed by atoms with E-state index in [1.165, 1.54) is 0 Å². The van der Waals surface area contributed by atoms with E-state index in [1.807, 2.05) is 12.3 Å². The molecule has 1 saturated heterocycles. The molecule has 1 amide bonds. The summed E-state index contributed by atoms with van der Waals surface area (Å²) < 4.78 is 5.72. The van der Waals surface area contributed by atoms with Gasteiger partial charge in [0.1, 0.15) is 12.4 Å². The zero-order valence-corrected chi connectivity index (χ0v) is 15.0. The number of ether oxygens (including phenoxy) is 1. The van der Waals surface area contributed by atoms with Crippen molar-refractivity contribution in [3.8, 4) is 5.75 Å². The summed E-state index contributed by atoms with van der Waals surface area (Å²) in [4.78, 5) is 29.9. The number of amides is 1. The average molecular weight is 360 g/mol. The van der Waals surface area contributed by atoms with E-state index >= 15 is 0 Å². The van der Waals surface area contributed by atoms with E-state index in [-0.39, 0.29) is 12.5 Å². The quantitative estimate of drug-likeness (QED) is 0.887. The fourth-order valence-corrected chi connectivity index (χ4v) is 3.44. The molecule has 2 heterocycles. The van der Waals surface area contributed by atoms with Crippen molar-refractivity contribution in [3.05, 3.63) is 45.9 Å². The van der Waals surface area contributed by atoms with Gasteiger partial charge in [-0.1, -0.05) is 6.07 Å². The van der Waals surface area contributed by atoms with Gasteiger partial charge in [-0.3, -0.25) is 9.59 Å². The number of carbonyl (C=O) groups is 2. The largest absolute Gasteiger partial charge is 0.487 e. The molecule has 25 heavy (non-hydrogen) atoms. The Morgan fingerprint density at radius 2 is 2.24 bits per heavy atom. The third-order valence-corrected chi connectivity index (χ3v) is 5.23. The molecule has 0 aliphatic carbocycles. The number of carbonyl (C=O) groups excluding carboxylic acids is 1. The predicted octanol–water partition coefficient (Wildman–Crippen LogP) is 2.97. The number of nitrogens with zero attached hydrogens (tertiary/aromatic N) is 2. The van der Waals surface area contributed by atoms with Gasteiger partial charge in [0.2, 0.25) is 0 Å². The maximum Gasteiger partial charge on any atom is 0.311 e. The Labute approximate surface area is 150 Å². The molecule has 7 heteroatoms. The van der Waals surface area contributed by atoms with Gasteiger partial charge in [0.05, 0.1) is 16.1 Å². The van der Waals surface area contributed by atoms with Crippen molar-refractivity contribution < 1.29 is 19.4 Å². The van der Waals surface area contributed by atoms with Crippen LogP contribution in [0.4, 0.5) is 0 Å². The van der Waals surface area contributed by atoms with E-state index in [2.05, 4.69) is 4.98 Å². The summed E-state index contributed by atoms with van der Waals surface area (Å²) in [6.45, 7) is 4.64. The fraction of sp³-hybridized carbons (Fsp3) is 0.389. The molecule has 1 aliphatic heterocycles. The SMILES string of the molecule is Cc1nc(COc2cccc(C(=O)N3CC[C@](C)(C(=O)O)C3)c2)cs1. The van der Waals surface area contributed by atoms with Crippen LogP contribution in [0.5, 0.6) is 5.75 Å². The van der Waals surface area contributed by atoms with Crippen LogP contribution in [-0.2, 0) is 11.4 Å². The van der Waals surface area contributed by atoms with Gasteiger partial charge >= 0.3 is 5.97 Å². The Kier molecular flexibility index (Phi) is 4.76. The average Bonchev–Trinajstić information content (AvgIpc) is 3.19. The van der Waals surface area contributed by atoms with Gasteiger partial charge in [0, 0.05) is 24.0 Å². The van der Waals surface area contributed by atoms with Crippen LogP contribution in [0.2, 0.25) is 0 Å². The molecule has 2 aromatic rings. The summed E-state index contributed by atoms with van der Waals surface area (Å²) in [7, 11) is 0. The number of benzene rings is 1. The highest BCUT2D eigenvalue weighted by Gasteiger charge is 2.42. The number of rotatable bonds is 5. The molecule has 1 aromatic carbocycles. The molecule has 1 fully saturated rings. The highest BCUT2D eigenvalue weighted by atomic mass is 32.1. The first-order valence-corrected chi connectivity index (χ1v) is 8.92. The molecule has 1 N–H and O–H groups in total. The minimum Gasteiger partial charge on any atom is -0.487 e. The van der Waals surface area contributed by atoms with Crippen molar-refractivity contribution in [2.24, 2.45) is 5.41 Å². The summed E-state index contributed by atoms with van der Waals surface area (Å²) in [5.41, 5.74) is 0.490. The number of aliphatic carboxylic acids is 1. The Hall–Kier alpha value is -2.41. The van der Waals surface area contributed by atoms with Crippen LogP contribution in [0.3, 0.4) is 0 Å². The van der Waals surface area contributed by atoms with Gasteiger partial charge in [-0.2, -0.15) is 0 Å². The highest BCUT2D eigenvalue weighted by Crippen LogP contribution is 2.31. The molecule has 132 valence electrons. The first-order chi connectivity index (χ1) is 11.9. The first kappa shape index (κ1) is 17.4. The van der Waals surface area contributed by atoms with Gasteiger partial charge in [-0.25, -0.2) is 4.98 Å². The van der Waals surface area contributed by atoms with Crippen molar-refractivity contribution in [2.75, 3.05) is 13.1 Å². The van der Waals surface area contributed by atoms with Crippen LogP contribution < -0.4 is 4.74 Å². The topological polar surface area (TPSA) is 79.7 Å². The smallest absolute Gasteiger partial charge is 0.311 e. The lowest BCUT2D eigenvalue weighted by Crippen LogP contribution is -2.34. The third-order valence-electron chi connectivity index (χ3n) is 4.41. The zero-order valence-electron chi connectivity index (χ0n) is 14.2. The summed E-state index contributed by atoms with van der Waals surface area (Å²) in [6.07, 6.45) is 0.466. The number of aryl methyl sites for hydroxylation is 1. The molecule has 0 bridgehead atoms. The van der Waals surface area contributed by atoms with Crippen LogP contribution >= 0.6 is 11.3 Å². The minimum atomic E-state index is -0.869. The monoisotopic (exact) mass is 360 g/mol. The second-order valence-electron chi connectivity index (χ2n) is 6.52. The molecule has 6 nitrogen and oxygen atoms in total. The summed E-state index contributed by atoms with van der Waals surface area (Å²) >= 11 is 1.57. The summed E-state index contributed by atoms with van der Waals surface area (Å²) in [6, 6.07) is 6.97. The third kappa shape index (κ3) is 3.82. The van der Waals surface area contributed by atoms with Gasteiger partial charge in [0.15, 0.2) is 0 Å². The van der Waals surface area contributed by atoms with E-state index in [4.69, 9.17) is 4.74 Å². The normalized spacial score (nSPS) is 19.8. The van der Waals surface area contributed by atoms with Crippen LogP contribution in [0, 0.1) is 12.3 Å². The number of carboxylic acids is 1. The second-order valence-corrected chi connectivity index (χ2v) is 7.58. The zero-order chi connectivity index (χ0) is 18.0. The van der Waals surface area contributed by atoms with Crippen LogP contribution in [0.1, 0.15) is 34.4 Å². The van der Waals surface area contributed by atoms with Crippen molar-refractivity contribution in [1.29, 1.82) is 0 Å². The molecular weight excluding hydrogens is 340 g/mol. The predicted molar refractivity (Wildman–Crippen MR) is 93.9 cm³/mol. The number of hydrogen-bond acceptors (Lipinski definition) is 5. The van der Waals surface area contributed by atoms with E-state index in [9.17, 15) is 14.7 Å². The minimum absolute atomic E-state index is 0.167. The highest BCUT2D eigenvalue weighted by molar-refractivity contribution is 7.09. The van der Waals surface area contributed by atoms with Gasteiger partial charge in [-0.05, 0) is 38.5 Å². The molecule has 1 aliphatic rings. The Bertz CT molecular complexity index is 804. The summed E-state index contributed by atoms with van der Waals surface area (Å²) in [5.74, 6) is -0.435. The maximum absolute atomic E-state index is 12.7. The number of aromatic nitrogens is 1. The van der Waals surface area contributed by atoms with Crippen molar-refractivity contribution >= 4 is 23.2 Å². The number of thiazole rings is 1. The molecule has 0 spiro atoms. The standard InChI is InChI=1S/C18H20N2O4S/c1-12-19-14(10-25-12)9-24-15-5-3-4-13(8-15)16(21)20-7-6-18(2,11-20)17(22)23/h3-5,8,10H,6-7,9,11H2,1-2H3,(H,22,23)/t18-/m0/s1. The Morgan fingerprint density at radius 1 is 1.44 bits per heavy atom. The van der Waals surface area contributed by atoms with Crippen LogP contribution in [0.15, 0.2) is 29.6 Å². The van der Waals surface area contributed by atoms with Crippen molar-refractivity contribution in [1.82, 2.24) is 9.88 Å². The van der Waals surface area contributed by atoms with E-state index < -0.39 is 11.4 Å². The van der Waals surface area contributed by atoms with Crippen molar-refractivity contribution in [3.63, 3.8) is 0 Å². The lowest BCUT2D eigenvalue weighted by Gasteiger charge is -2.20. The molecule has 1 atom stereocenters. The molecule has 0 saturated carbocycles.